The monoisotopic (exact) mass is 271 g/mol. The first kappa shape index (κ1) is 15.0. The third-order valence-corrected chi connectivity index (χ3v) is 4.21. The number of rotatable bonds is 5. The minimum Gasteiger partial charge on any atom is -0.478 e. The lowest BCUT2D eigenvalue weighted by Crippen LogP contribution is -2.22. The highest BCUT2D eigenvalue weighted by Gasteiger charge is 2.22. The first-order valence-electron chi connectivity index (χ1n) is 6.00. The number of aromatic nitrogens is 1. The van der Waals surface area contributed by atoms with Crippen molar-refractivity contribution in [1.29, 1.82) is 0 Å². The highest BCUT2D eigenvalue weighted by atomic mass is 32.2. The van der Waals surface area contributed by atoms with Gasteiger partial charge in [0.25, 0.3) is 0 Å². The van der Waals surface area contributed by atoms with Gasteiger partial charge in [-0.2, -0.15) is 0 Å². The highest BCUT2D eigenvalue weighted by molar-refractivity contribution is 7.90. The quantitative estimate of drug-likeness (QED) is 0.825. The van der Waals surface area contributed by atoms with Crippen molar-refractivity contribution in [3.8, 4) is 5.88 Å². The highest BCUT2D eigenvalue weighted by Crippen LogP contribution is 2.20. The summed E-state index contributed by atoms with van der Waals surface area (Å²) in [5.41, 5.74) is 0.493. The molecule has 0 atom stereocenters. The molecule has 0 bridgehead atoms. The van der Waals surface area contributed by atoms with Gasteiger partial charge in [0.05, 0.1) is 18.1 Å². The summed E-state index contributed by atoms with van der Waals surface area (Å²) in [7, 11) is -3.11. The molecule has 0 saturated carbocycles. The maximum Gasteiger partial charge on any atom is 0.213 e. The normalized spacial score (nSPS) is 12.4. The van der Waals surface area contributed by atoms with Gasteiger partial charge in [0, 0.05) is 12.3 Å². The Morgan fingerprint density at radius 2 is 2.00 bits per heavy atom. The van der Waals surface area contributed by atoms with E-state index in [1.165, 1.54) is 0 Å². The smallest absolute Gasteiger partial charge is 0.213 e. The Hall–Kier alpha value is -1.10. The van der Waals surface area contributed by atoms with E-state index in [1.807, 2.05) is 27.7 Å². The molecule has 18 heavy (non-hydrogen) atoms. The summed E-state index contributed by atoms with van der Waals surface area (Å²) in [6.45, 7) is 8.14. The zero-order valence-electron chi connectivity index (χ0n) is 11.4. The predicted molar refractivity (Wildman–Crippen MR) is 72.4 cm³/mol. The van der Waals surface area contributed by atoms with Crippen LogP contribution in [-0.4, -0.2) is 25.8 Å². The van der Waals surface area contributed by atoms with Crippen LogP contribution in [0.25, 0.3) is 0 Å². The van der Waals surface area contributed by atoms with Crippen molar-refractivity contribution in [2.75, 3.05) is 12.4 Å². The van der Waals surface area contributed by atoms with Crippen LogP contribution < -0.4 is 4.74 Å². The molecule has 0 radical (unpaired) electrons. The third kappa shape index (κ3) is 5.49. The average molecular weight is 271 g/mol. The number of sulfone groups is 1. The summed E-state index contributed by atoms with van der Waals surface area (Å²) in [6, 6.07) is 3.40. The van der Waals surface area contributed by atoms with Gasteiger partial charge in [0.15, 0.2) is 9.84 Å². The molecule has 0 aliphatic carbocycles. The molecule has 1 aromatic rings. The van der Waals surface area contributed by atoms with Crippen LogP contribution in [0.3, 0.4) is 0 Å². The zero-order chi connectivity index (χ0) is 13.8. The Morgan fingerprint density at radius 1 is 1.33 bits per heavy atom. The fourth-order valence-electron chi connectivity index (χ4n) is 1.73. The van der Waals surface area contributed by atoms with E-state index in [9.17, 15) is 8.42 Å². The molecule has 1 aromatic heterocycles. The van der Waals surface area contributed by atoms with Crippen molar-refractivity contribution in [3.63, 3.8) is 0 Å². The lowest BCUT2D eigenvalue weighted by molar-refractivity contribution is 0.326. The molecule has 0 aromatic carbocycles. The van der Waals surface area contributed by atoms with Crippen LogP contribution in [0.15, 0.2) is 18.3 Å². The van der Waals surface area contributed by atoms with Gasteiger partial charge in [0.2, 0.25) is 5.88 Å². The molecule has 102 valence electrons. The van der Waals surface area contributed by atoms with Gasteiger partial charge >= 0.3 is 0 Å². The number of nitrogens with zero attached hydrogens (tertiary/aromatic N) is 1. The van der Waals surface area contributed by atoms with E-state index in [4.69, 9.17) is 4.74 Å². The number of pyridine rings is 1. The molecule has 0 aliphatic rings. The predicted octanol–water partition coefficient (Wildman–Crippen LogP) is 2.44. The largest absolute Gasteiger partial charge is 0.478 e. The first-order valence-corrected chi connectivity index (χ1v) is 7.82. The Morgan fingerprint density at radius 3 is 2.56 bits per heavy atom. The van der Waals surface area contributed by atoms with Gasteiger partial charge < -0.3 is 4.74 Å². The van der Waals surface area contributed by atoms with E-state index in [0.717, 1.165) is 5.56 Å². The molecule has 0 saturated heterocycles. The minimum absolute atomic E-state index is 0.0346. The summed E-state index contributed by atoms with van der Waals surface area (Å²) in [5.74, 6) is 0.681. The maximum absolute atomic E-state index is 12.0. The summed E-state index contributed by atoms with van der Waals surface area (Å²) in [4.78, 5) is 4.02. The van der Waals surface area contributed by atoms with Crippen LogP contribution in [0.2, 0.25) is 0 Å². The fraction of sp³-hybridized carbons (Fsp3) is 0.615. The minimum atomic E-state index is -3.11. The van der Waals surface area contributed by atoms with E-state index in [2.05, 4.69) is 4.98 Å². The van der Waals surface area contributed by atoms with E-state index < -0.39 is 9.84 Å². The van der Waals surface area contributed by atoms with Crippen LogP contribution in [0.4, 0.5) is 0 Å². The van der Waals surface area contributed by atoms with Gasteiger partial charge in [-0.15, -0.1) is 0 Å². The summed E-state index contributed by atoms with van der Waals surface area (Å²) in [5, 5.41) is 0. The number of hydrogen-bond donors (Lipinski definition) is 0. The van der Waals surface area contributed by atoms with E-state index >= 15 is 0 Å². The summed E-state index contributed by atoms with van der Waals surface area (Å²) in [6.07, 6.45) is 1.58. The van der Waals surface area contributed by atoms with Crippen molar-refractivity contribution in [3.05, 3.63) is 23.9 Å². The molecule has 0 N–H and O–H groups in total. The van der Waals surface area contributed by atoms with Crippen LogP contribution in [-0.2, 0) is 15.6 Å². The van der Waals surface area contributed by atoms with Gasteiger partial charge in [-0.1, -0.05) is 20.8 Å². The molecule has 4 nitrogen and oxygen atoms in total. The number of hydrogen-bond acceptors (Lipinski definition) is 4. The second-order valence-electron chi connectivity index (χ2n) is 5.53. The molecule has 0 unspecified atom stereocenters. The van der Waals surface area contributed by atoms with E-state index in [0.29, 0.717) is 12.5 Å². The molecule has 0 amide bonds. The van der Waals surface area contributed by atoms with Gasteiger partial charge in [0.1, 0.15) is 0 Å². The van der Waals surface area contributed by atoms with Crippen molar-refractivity contribution in [2.24, 2.45) is 5.41 Å². The molecule has 1 rings (SSSR count). The Kier molecular flexibility index (Phi) is 4.73. The van der Waals surface area contributed by atoms with E-state index in [1.54, 1.807) is 18.3 Å². The molecule has 0 aliphatic heterocycles. The Bertz CT molecular complexity index is 489. The van der Waals surface area contributed by atoms with Gasteiger partial charge in [-0.3, -0.25) is 0 Å². The van der Waals surface area contributed by atoms with Crippen molar-refractivity contribution in [1.82, 2.24) is 4.98 Å². The van der Waals surface area contributed by atoms with E-state index in [-0.39, 0.29) is 16.9 Å². The second kappa shape index (κ2) is 5.69. The maximum atomic E-state index is 12.0. The molecule has 0 fully saturated rings. The molecule has 1 heterocycles. The van der Waals surface area contributed by atoms with Gasteiger partial charge in [-0.25, -0.2) is 13.4 Å². The third-order valence-electron chi connectivity index (χ3n) is 2.13. The molecule has 5 heteroatoms. The topological polar surface area (TPSA) is 56.3 Å². The Labute approximate surface area is 109 Å². The van der Waals surface area contributed by atoms with Crippen molar-refractivity contribution < 1.29 is 13.2 Å². The van der Waals surface area contributed by atoms with Crippen molar-refractivity contribution >= 4 is 9.84 Å². The SMILES string of the molecule is CCOc1cc(CS(=O)(=O)CC(C)(C)C)ccn1. The first-order chi connectivity index (χ1) is 8.22. The van der Waals surface area contributed by atoms with Crippen LogP contribution in [0.1, 0.15) is 33.3 Å². The Balaban J connectivity index is 2.81. The molecular weight excluding hydrogens is 250 g/mol. The summed E-state index contributed by atoms with van der Waals surface area (Å²) < 4.78 is 29.3. The lowest BCUT2D eigenvalue weighted by atomic mass is 10.0. The number of ether oxygens (including phenoxy) is 1. The van der Waals surface area contributed by atoms with Crippen LogP contribution in [0.5, 0.6) is 5.88 Å². The summed E-state index contributed by atoms with van der Waals surface area (Å²) >= 11 is 0. The molecule has 0 spiro atoms. The van der Waals surface area contributed by atoms with Crippen LogP contribution >= 0.6 is 0 Å². The van der Waals surface area contributed by atoms with Gasteiger partial charge in [-0.05, 0) is 24.0 Å². The molecular formula is C13H21NO3S. The average Bonchev–Trinajstić information content (AvgIpc) is 2.13. The zero-order valence-corrected chi connectivity index (χ0v) is 12.3. The second-order valence-corrected chi connectivity index (χ2v) is 7.59. The van der Waals surface area contributed by atoms with Crippen LogP contribution in [0, 0.1) is 5.41 Å². The fourth-order valence-corrected chi connectivity index (χ4v) is 3.84. The van der Waals surface area contributed by atoms with Crippen molar-refractivity contribution in [2.45, 2.75) is 33.4 Å². The lowest BCUT2D eigenvalue weighted by Gasteiger charge is -2.18. The standard InChI is InChI=1S/C13H21NO3S/c1-5-17-12-8-11(6-7-14-12)9-18(15,16)10-13(2,3)4/h6-8H,5,9-10H2,1-4H3.